The van der Waals surface area contributed by atoms with Crippen molar-refractivity contribution in [2.24, 2.45) is 0 Å². The van der Waals surface area contributed by atoms with Gasteiger partial charge in [0.05, 0.1) is 11.4 Å². The highest BCUT2D eigenvalue weighted by molar-refractivity contribution is 7.90. The summed E-state index contributed by atoms with van der Waals surface area (Å²) in [4.78, 5) is 17.5. The summed E-state index contributed by atoms with van der Waals surface area (Å²) in [5, 5.41) is 3.21. The third-order valence-corrected chi connectivity index (χ3v) is 5.39. The van der Waals surface area contributed by atoms with Crippen LogP contribution in [0.5, 0.6) is 0 Å². The minimum absolute atomic E-state index is 0.0594. The summed E-state index contributed by atoms with van der Waals surface area (Å²) in [7, 11) is -3.15. The number of carbonyl (C=O) groups excluding carboxylic acids is 1. The van der Waals surface area contributed by atoms with E-state index in [1.807, 2.05) is 30.3 Å². The maximum atomic E-state index is 11.9. The third kappa shape index (κ3) is 5.14. The Bertz CT molecular complexity index is 781. The van der Waals surface area contributed by atoms with E-state index >= 15 is 0 Å². The highest BCUT2D eigenvalue weighted by Crippen LogP contribution is 2.36. The number of anilines is 1. The Hall–Kier alpha value is -1.73. The van der Waals surface area contributed by atoms with Crippen LogP contribution in [0, 0.1) is 0 Å². The topological polar surface area (TPSA) is 76.1 Å². The molecule has 0 saturated heterocycles. The Kier molecular flexibility index (Phi) is 5.54. The quantitative estimate of drug-likeness (QED) is 0.865. The van der Waals surface area contributed by atoms with Gasteiger partial charge in [0.15, 0.2) is 5.13 Å². The molecule has 0 spiro atoms. The largest absolute Gasteiger partial charge is 0.302 e. The summed E-state index contributed by atoms with van der Waals surface area (Å²) < 4.78 is 22.3. The molecular weight excluding hydrogens is 332 g/mol. The molecule has 0 radical (unpaired) electrons. The molecule has 1 N–H and O–H groups in total. The van der Waals surface area contributed by atoms with Crippen molar-refractivity contribution in [1.29, 1.82) is 0 Å². The number of amides is 1. The lowest BCUT2D eigenvalue weighted by molar-refractivity contribution is -0.115. The summed E-state index contributed by atoms with van der Waals surface area (Å²) in [5.74, 6) is -0.212. The first kappa shape index (κ1) is 17.6. The van der Waals surface area contributed by atoms with Gasteiger partial charge >= 0.3 is 0 Å². The average molecular weight is 352 g/mol. The Morgan fingerprint density at radius 3 is 2.48 bits per heavy atom. The predicted octanol–water partition coefficient (Wildman–Crippen LogP) is 3.31. The molecule has 0 unspecified atom stereocenters. The van der Waals surface area contributed by atoms with Gasteiger partial charge in [-0.2, -0.15) is 0 Å². The predicted molar refractivity (Wildman–Crippen MR) is 94.6 cm³/mol. The Morgan fingerprint density at radius 1 is 1.26 bits per heavy atom. The minimum atomic E-state index is -3.15. The number of hydrogen-bond donors (Lipinski definition) is 1. The maximum absolute atomic E-state index is 11.9. The standard InChI is InChI=1S/C16H20N2O3S2/c1-11(2)15-14(12-7-5-4-6-8-12)18-16(22-15)17-13(19)9-10-23(3,20)21/h4-8,11H,9-10H2,1-3H3,(H,17,18,19). The molecule has 1 aromatic heterocycles. The zero-order chi connectivity index (χ0) is 17.0. The Balaban J connectivity index is 2.20. The fourth-order valence-corrected chi connectivity index (χ4v) is 3.60. The highest BCUT2D eigenvalue weighted by atomic mass is 32.2. The normalized spacial score (nSPS) is 11.7. The average Bonchev–Trinajstić information content (AvgIpc) is 2.89. The van der Waals surface area contributed by atoms with E-state index in [1.54, 1.807) is 0 Å². The number of sulfone groups is 1. The van der Waals surface area contributed by atoms with Gasteiger partial charge < -0.3 is 5.32 Å². The van der Waals surface area contributed by atoms with Crippen LogP contribution >= 0.6 is 11.3 Å². The summed E-state index contributed by atoms with van der Waals surface area (Å²) in [6.45, 7) is 4.16. The molecule has 0 aliphatic heterocycles. The van der Waals surface area contributed by atoms with Crippen molar-refractivity contribution >= 4 is 32.2 Å². The highest BCUT2D eigenvalue weighted by Gasteiger charge is 2.17. The molecule has 1 amide bonds. The molecule has 7 heteroatoms. The summed E-state index contributed by atoms with van der Waals surface area (Å²) >= 11 is 1.43. The molecule has 0 bridgehead atoms. The number of nitrogens with one attached hydrogen (secondary N) is 1. The molecule has 0 aliphatic rings. The monoisotopic (exact) mass is 352 g/mol. The van der Waals surface area contributed by atoms with Crippen LogP contribution in [0.2, 0.25) is 0 Å². The SMILES string of the molecule is CC(C)c1sc(NC(=O)CCS(C)(=O)=O)nc1-c1ccccc1. The van der Waals surface area contributed by atoms with Crippen LogP contribution in [-0.4, -0.2) is 31.3 Å². The number of carbonyl (C=O) groups is 1. The van der Waals surface area contributed by atoms with E-state index in [0.29, 0.717) is 5.13 Å². The number of thiazole rings is 1. The molecule has 0 fully saturated rings. The zero-order valence-corrected chi connectivity index (χ0v) is 15.0. The van der Waals surface area contributed by atoms with E-state index in [1.165, 1.54) is 11.3 Å². The number of hydrogen-bond acceptors (Lipinski definition) is 5. The molecule has 0 saturated carbocycles. The van der Waals surface area contributed by atoms with Gasteiger partial charge in [0.25, 0.3) is 0 Å². The smallest absolute Gasteiger partial charge is 0.227 e. The lowest BCUT2D eigenvalue weighted by atomic mass is 10.1. The van der Waals surface area contributed by atoms with Crippen molar-refractivity contribution in [2.75, 3.05) is 17.3 Å². The van der Waals surface area contributed by atoms with E-state index < -0.39 is 9.84 Å². The maximum Gasteiger partial charge on any atom is 0.227 e. The second-order valence-electron chi connectivity index (χ2n) is 5.68. The lowest BCUT2D eigenvalue weighted by Crippen LogP contribution is -2.16. The van der Waals surface area contributed by atoms with Crippen molar-refractivity contribution < 1.29 is 13.2 Å². The number of benzene rings is 1. The molecule has 0 atom stereocenters. The van der Waals surface area contributed by atoms with Crippen LogP contribution in [0.15, 0.2) is 30.3 Å². The van der Waals surface area contributed by atoms with Gasteiger partial charge in [-0.15, -0.1) is 11.3 Å². The van der Waals surface area contributed by atoms with Crippen molar-refractivity contribution in [3.8, 4) is 11.3 Å². The van der Waals surface area contributed by atoms with Gasteiger partial charge in [-0.1, -0.05) is 44.2 Å². The molecule has 0 aliphatic carbocycles. The first-order valence-corrected chi connectivity index (χ1v) is 10.2. The molecule has 1 aromatic carbocycles. The second-order valence-corrected chi connectivity index (χ2v) is 8.97. The van der Waals surface area contributed by atoms with Gasteiger partial charge in [-0.25, -0.2) is 13.4 Å². The van der Waals surface area contributed by atoms with Crippen LogP contribution in [0.4, 0.5) is 5.13 Å². The summed E-state index contributed by atoms with van der Waals surface area (Å²) in [6.07, 6.45) is 1.06. The van der Waals surface area contributed by atoms with E-state index in [9.17, 15) is 13.2 Å². The Labute approximate surface area is 140 Å². The van der Waals surface area contributed by atoms with Crippen LogP contribution in [0.25, 0.3) is 11.3 Å². The zero-order valence-electron chi connectivity index (χ0n) is 13.4. The van der Waals surface area contributed by atoms with Crippen LogP contribution in [0.3, 0.4) is 0 Å². The van der Waals surface area contributed by atoms with Crippen LogP contribution in [0.1, 0.15) is 31.1 Å². The molecule has 5 nitrogen and oxygen atoms in total. The van der Waals surface area contributed by atoms with Crippen molar-refractivity contribution in [1.82, 2.24) is 4.98 Å². The molecule has 2 aromatic rings. The van der Waals surface area contributed by atoms with E-state index in [2.05, 4.69) is 24.1 Å². The first-order chi connectivity index (χ1) is 10.8. The van der Waals surface area contributed by atoms with Gasteiger partial charge in [-0.3, -0.25) is 4.79 Å². The van der Waals surface area contributed by atoms with E-state index in [0.717, 1.165) is 22.4 Å². The van der Waals surface area contributed by atoms with Crippen molar-refractivity contribution in [3.63, 3.8) is 0 Å². The fraction of sp³-hybridized carbons (Fsp3) is 0.375. The molecule has 2 rings (SSSR count). The van der Waals surface area contributed by atoms with Crippen LogP contribution < -0.4 is 5.32 Å². The number of rotatable bonds is 6. The molecule has 23 heavy (non-hydrogen) atoms. The third-order valence-electron chi connectivity index (χ3n) is 3.17. The van der Waals surface area contributed by atoms with E-state index in [4.69, 9.17) is 0 Å². The van der Waals surface area contributed by atoms with Gasteiger partial charge in [-0.05, 0) is 5.92 Å². The van der Waals surface area contributed by atoms with E-state index in [-0.39, 0.29) is 24.0 Å². The van der Waals surface area contributed by atoms with Crippen molar-refractivity contribution in [3.05, 3.63) is 35.2 Å². The minimum Gasteiger partial charge on any atom is -0.302 e. The van der Waals surface area contributed by atoms with Gasteiger partial charge in [0.1, 0.15) is 9.84 Å². The summed E-state index contributed by atoms with van der Waals surface area (Å²) in [5.41, 5.74) is 1.87. The summed E-state index contributed by atoms with van der Waals surface area (Å²) in [6, 6.07) is 9.80. The fourth-order valence-electron chi connectivity index (χ4n) is 2.04. The lowest BCUT2D eigenvalue weighted by Gasteiger charge is -2.04. The van der Waals surface area contributed by atoms with Gasteiger partial charge in [0, 0.05) is 23.1 Å². The number of aromatic nitrogens is 1. The molecule has 1 heterocycles. The van der Waals surface area contributed by atoms with Crippen LogP contribution in [-0.2, 0) is 14.6 Å². The van der Waals surface area contributed by atoms with Crippen molar-refractivity contribution in [2.45, 2.75) is 26.2 Å². The second kappa shape index (κ2) is 7.23. The Morgan fingerprint density at radius 2 is 1.91 bits per heavy atom. The first-order valence-electron chi connectivity index (χ1n) is 7.30. The molecule has 124 valence electrons. The number of nitrogens with zero attached hydrogens (tertiary/aromatic N) is 1. The van der Waals surface area contributed by atoms with Gasteiger partial charge in [0.2, 0.25) is 5.91 Å². The molecular formula is C16H20N2O3S2.